The topological polar surface area (TPSA) is 85.1 Å². The molecule has 0 radical (unpaired) electrons. The molecule has 0 spiro atoms. The number of carbonyl (C=O) groups excluding carboxylic acids is 1. The van der Waals surface area contributed by atoms with Gasteiger partial charge in [0, 0.05) is 24.0 Å². The van der Waals surface area contributed by atoms with E-state index < -0.39 is 12.0 Å². The number of hydrogen-bond acceptors (Lipinski definition) is 5. The molecule has 0 aliphatic carbocycles. The van der Waals surface area contributed by atoms with Crippen molar-refractivity contribution in [3.8, 4) is 0 Å². The van der Waals surface area contributed by atoms with Crippen LogP contribution in [0.15, 0.2) is 18.3 Å². The van der Waals surface area contributed by atoms with Crippen LogP contribution >= 0.6 is 0 Å². The van der Waals surface area contributed by atoms with Crippen LogP contribution in [0.25, 0.3) is 5.78 Å². The summed E-state index contributed by atoms with van der Waals surface area (Å²) in [6.45, 7) is 5.13. The van der Waals surface area contributed by atoms with Crippen LogP contribution in [0, 0.1) is 20.8 Å². The summed E-state index contributed by atoms with van der Waals surface area (Å²) in [5, 5.41) is 6.23. The zero-order chi connectivity index (χ0) is 19.8. The Morgan fingerprint density at radius 2 is 1.96 bits per heavy atom. The first-order valence-corrected chi connectivity index (χ1v) is 8.18. The minimum Gasteiger partial charge on any atom is -0.310 e. The Morgan fingerprint density at radius 3 is 2.63 bits per heavy atom. The monoisotopic (exact) mass is 378 g/mol. The fourth-order valence-electron chi connectivity index (χ4n) is 2.74. The van der Waals surface area contributed by atoms with Gasteiger partial charge in [0.1, 0.15) is 5.82 Å². The Hall–Kier alpha value is -3.04. The molecule has 0 saturated heterocycles. The van der Waals surface area contributed by atoms with Gasteiger partial charge in [0.15, 0.2) is 0 Å². The SMILES string of the molecule is Cc1cccnc1NC(=O)CCc1c(C)nc2nc(C(F)(F)F)nn2c1C. The van der Waals surface area contributed by atoms with Gasteiger partial charge in [-0.1, -0.05) is 6.07 Å². The molecule has 0 fully saturated rings. The maximum atomic E-state index is 12.8. The summed E-state index contributed by atoms with van der Waals surface area (Å²) in [4.78, 5) is 23.8. The number of fused-ring (bicyclic) bond motifs is 1. The van der Waals surface area contributed by atoms with Crippen molar-refractivity contribution in [2.24, 2.45) is 0 Å². The molecular formula is C17H17F3N6O. The molecule has 0 aliphatic rings. The Kier molecular flexibility index (Phi) is 4.81. The molecule has 142 valence electrons. The van der Waals surface area contributed by atoms with Gasteiger partial charge in [-0.2, -0.15) is 18.2 Å². The predicted octanol–water partition coefficient (Wildman–Crippen LogP) is 3.03. The van der Waals surface area contributed by atoms with Gasteiger partial charge in [-0.25, -0.2) is 14.5 Å². The largest absolute Gasteiger partial charge is 0.453 e. The number of pyridine rings is 1. The fraction of sp³-hybridized carbons (Fsp3) is 0.353. The van der Waals surface area contributed by atoms with Crippen LogP contribution in [-0.2, 0) is 17.4 Å². The van der Waals surface area contributed by atoms with Gasteiger partial charge in [0.05, 0.1) is 0 Å². The molecule has 0 saturated carbocycles. The lowest BCUT2D eigenvalue weighted by molar-refractivity contribution is -0.144. The number of hydrogen-bond donors (Lipinski definition) is 1. The normalized spacial score (nSPS) is 11.8. The van der Waals surface area contributed by atoms with E-state index in [0.717, 1.165) is 10.1 Å². The molecule has 3 aromatic heterocycles. The minimum atomic E-state index is -4.64. The van der Waals surface area contributed by atoms with E-state index in [1.807, 2.05) is 13.0 Å². The second-order valence-electron chi connectivity index (χ2n) is 6.12. The Bertz CT molecular complexity index is 1010. The summed E-state index contributed by atoms with van der Waals surface area (Å²) in [6, 6.07) is 3.60. The molecule has 7 nitrogen and oxygen atoms in total. The van der Waals surface area contributed by atoms with Crippen molar-refractivity contribution in [1.82, 2.24) is 24.6 Å². The highest BCUT2D eigenvalue weighted by Gasteiger charge is 2.36. The van der Waals surface area contributed by atoms with Crippen molar-refractivity contribution in [3.05, 3.63) is 46.7 Å². The number of halogens is 3. The number of nitrogens with one attached hydrogen (secondary N) is 1. The summed E-state index contributed by atoms with van der Waals surface area (Å²) < 4.78 is 39.5. The first-order chi connectivity index (χ1) is 12.7. The number of amides is 1. The van der Waals surface area contributed by atoms with Gasteiger partial charge in [-0.15, -0.1) is 5.10 Å². The summed E-state index contributed by atoms with van der Waals surface area (Å²) in [5.41, 5.74) is 2.49. The van der Waals surface area contributed by atoms with E-state index in [1.54, 1.807) is 26.1 Å². The number of alkyl halides is 3. The van der Waals surface area contributed by atoms with E-state index in [2.05, 4.69) is 25.4 Å². The first kappa shape index (κ1) is 18.7. The van der Waals surface area contributed by atoms with Crippen LogP contribution in [0.1, 0.15) is 34.8 Å². The number of aryl methyl sites for hydroxylation is 3. The van der Waals surface area contributed by atoms with Crippen molar-refractivity contribution in [2.75, 3.05) is 5.32 Å². The quantitative estimate of drug-likeness (QED) is 0.754. The van der Waals surface area contributed by atoms with E-state index in [1.165, 1.54) is 0 Å². The van der Waals surface area contributed by atoms with Gasteiger partial charge in [-0.3, -0.25) is 4.79 Å². The standard InChI is InChI=1S/C17H17F3N6O/c1-9-5-4-8-21-14(9)23-13(27)7-6-12-10(2)22-16-24-15(17(18,19)20)25-26(16)11(12)3/h4-5,8H,6-7H2,1-3H3,(H,21,23,27). The van der Waals surface area contributed by atoms with Crippen LogP contribution in [0.2, 0.25) is 0 Å². The molecule has 1 N–H and O–H groups in total. The van der Waals surface area contributed by atoms with Crippen LogP contribution in [0.3, 0.4) is 0 Å². The lowest BCUT2D eigenvalue weighted by Crippen LogP contribution is -2.15. The average Bonchev–Trinajstić information content (AvgIpc) is 3.01. The van der Waals surface area contributed by atoms with Crippen LogP contribution < -0.4 is 5.32 Å². The maximum absolute atomic E-state index is 12.8. The summed E-state index contributed by atoms with van der Waals surface area (Å²) in [5.74, 6) is -1.12. The second-order valence-corrected chi connectivity index (χ2v) is 6.12. The molecule has 27 heavy (non-hydrogen) atoms. The molecule has 3 aromatic rings. The van der Waals surface area contributed by atoms with Crippen LogP contribution in [-0.4, -0.2) is 30.5 Å². The first-order valence-electron chi connectivity index (χ1n) is 8.18. The summed E-state index contributed by atoms with van der Waals surface area (Å²) >= 11 is 0. The molecule has 3 heterocycles. The van der Waals surface area contributed by atoms with Gasteiger partial charge in [0.2, 0.25) is 5.91 Å². The van der Waals surface area contributed by atoms with Crippen molar-refractivity contribution in [3.63, 3.8) is 0 Å². The van der Waals surface area contributed by atoms with Crippen molar-refractivity contribution < 1.29 is 18.0 Å². The highest BCUT2D eigenvalue weighted by atomic mass is 19.4. The van der Waals surface area contributed by atoms with Crippen molar-refractivity contribution in [2.45, 2.75) is 39.8 Å². The van der Waals surface area contributed by atoms with Crippen LogP contribution in [0.4, 0.5) is 19.0 Å². The molecule has 0 atom stereocenters. The number of nitrogens with zero attached hydrogens (tertiary/aromatic N) is 5. The zero-order valence-corrected chi connectivity index (χ0v) is 14.9. The molecule has 0 bridgehead atoms. The maximum Gasteiger partial charge on any atom is 0.453 e. The highest BCUT2D eigenvalue weighted by molar-refractivity contribution is 5.90. The summed E-state index contributed by atoms with van der Waals surface area (Å²) in [6.07, 6.45) is -2.63. The highest BCUT2D eigenvalue weighted by Crippen LogP contribution is 2.27. The van der Waals surface area contributed by atoms with Gasteiger partial charge in [0.25, 0.3) is 11.6 Å². The molecule has 0 aromatic carbocycles. The predicted molar refractivity (Wildman–Crippen MR) is 91.2 cm³/mol. The number of carbonyl (C=O) groups is 1. The van der Waals surface area contributed by atoms with Gasteiger partial charge >= 0.3 is 6.18 Å². The average molecular weight is 378 g/mol. The number of aromatic nitrogens is 5. The number of anilines is 1. The third kappa shape index (κ3) is 3.88. The smallest absolute Gasteiger partial charge is 0.310 e. The van der Waals surface area contributed by atoms with Crippen molar-refractivity contribution >= 4 is 17.5 Å². The summed E-state index contributed by atoms with van der Waals surface area (Å²) in [7, 11) is 0. The lowest BCUT2D eigenvalue weighted by Gasteiger charge is -2.11. The lowest BCUT2D eigenvalue weighted by atomic mass is 10.1. The molecule has 1 amide bonds. The second kappa shape index (κ2) is 6.93. The third-order valence-corrected chi connectivity index (χ3v) is 4.17. The molecule has 10 heteroatoms. The van der Waals surface area contributed by atoms with E-state index in [9.17, 15) is 18.0 Å². The molecule has 0 aliphatic heterocycles. The van der Waals surface area contributed by atoms with E-state index in [-0.39, 0.29) is 18.1 Å². The third-order valence-electron chi connectivity index (χ3n) is 4.17. The number of rotatable bonds is 4. The van der Waals surface area contributed by atoms with Crippen molar-refractivity contribution in [1.29, 1.82) is 0 Å². The molecule has 3 rings (SSSR count). The fourth-order valence-corrected chi connectivity index (χ4v) is 2.74. The van der Waals surface area contributed by atoms with Gasteiger partial charge in [-0.05, 0) is 44.4 Å². The Balaban J connectivity index is 1.80. The van der Waals surface area contributed by atoms with Crippen LogP contribution in [0.5, 0.6) is 0 Å². The zero-order valence-electron chi connectivity index (χ0n) is 14.9. The van der Waals surface area contributed by atoms with E-state index >= 15 is 0 Å². The Morgan fingerprint density at radius 1 is 1.22 bits per heavy atom. The molecule has 0 unspecified atom stereocenters. The van der Waals surface area contributed by atoms with Gasteiger partial charge < -0.3 is 5.32 Å². The van der Waals surface area contributed by atoms with E-state index in [0.29, 0.717) is 29.2 Å². The minimum absolute atomic E-state index is 0.116. The van der Waals surface area contributed by atoms with E-state index in [4.69, 9.17) is 0 Å². The Labute approximate surface area is 152 Å². The molecular weight excluding hydrogens is 361 g/mol.